The molecule has 0 fully saturated rings. The number of hydrogen-bond donors (Lipinski definition) is 0. The van der Waals surface area contributed by atoms with Crippen LogP contribution in [0.3, 0.4) is 0 Å². The number of carbonyl (C=O) groups is 2. The van der Waals surface area contributed by atoms with Crippen LogP contribution in [-0.4, -0.2) is 22.8 Å². The number of anilines is 3. The fourth-order valence-electron chi connectivity index (χ4n) is 5.03. The van der Waals surface area contributed by atoms with Gasteiger partial charge in [-0.25, -0.2) is 0 Å². The van der Waals surface area contributed by atoms with Crippen molar-refractivity contribution in [1.29, 1.82) is 0 Å². The average Bonchev–Trinajstić information content (AvgIpc) is 3.56. The number of benzene rings is 5. The first kappa shape index (κ1) is 28.5. The van der Waals surface area contributed by atoms with Crippen LogP contribution in [-0.2, 0) is 5.41 Å². The summed E-state index contributed by atoms with van der Waals surface area (Å²) in [6.07, 6.45) is 1.66. The summed E-state index contributed by atoms with van der Waals surface area (Å²) in [5.41, 5.74) is 9.12. The molecule has 6 nitrogen and oxygen atoms in total. The Balaban J connectivity index is 1.23. The Kier molecular flexibility index (Phi) is 7.73. The minimum Gasteiger partial charge on any atom is -0.416 e. The summed E-state index contributed by atoms with van der Waals surface area (Å²) in [7, 11) is 0. The molecule has 1 heterocycles. The van der Waals surface area contributed by atoms with Crippen molar-refractivity contribution in [1.82, 2.24) is 10.2 Å². The molecule has 6 rings (SSSR count). The number of rotatable bonds is 8. The van der Waals surface area contributed by atoms with Crippen molar-refractivity contribution >= 4 is 29.6 Å². The Morgan fingerprint density at radius 1 is 0.500 bits per heavy atom. The summed E-state index contributed by atoms with van der Waals surface area (Å²) in [4.78, 5) is 24.5. The lowest BCUT2D eigenvalue weighted by molar-refractivity contribution is 0.111. The lowest BCUT2D eigenvalue weighted by Gasteiger charge is -2.26. The molecule has 0 aliphatic carbocycles. The van der Waals surface area contributed by atoms with Crippen molar-refractivity contribution in [2.24, 2.45) is 0 Å². The molecule has 6 aromatic rings. The highest BCUT2D eigenvalue weighted by atomic mass is 16.4. The quantitative estimate of drug-likeness (QED) is 0.168. The number of aldehydes is 2. The summed E-state index contributed by atoms with van der Waals surface area (Å²) in [6.45, 7) is 6.56. The van der Waals surface area contributed by atoms with Gasteiger partial charge in [-0.3, -0.25) is 9.59 Å². The van der Waals surface area contributed by atoms with Gasteiger partial charge in [0, 0.05) is 39.3 Å². The van der Waals surface area contributed by atoms with Crippen LogP contribution in [0.15, 0.2) is 126 Å². The van der Waals surface area contributed by atoms with Crippen molar-refractivity contribution in [3.63, 3.8) is 0 Å². The van der Waals surface area contributed by atoms with Gasteiger partial charge in [-0.1, -0.05) is 57.2 Å². The Morgan fingerprint density at radius 2 is 0.841 bits per heavy atom. The monoisotopic (exact) mass is 577 g/mol. The smallest absolute Gasteiger partial charge is 0.248 e. The van der Waals surface area contributed by atoms with E-state index in [1.807, 2.05) is 60.7 Å². The molecule has 0 amide bonds. The van der Waals surface area contributed by atoms with Gasteiger partial charge in [0.1, 0.15) is 12.6 Å². The van der Waals surface area contributed by atoms with E-state index < -0.39 is 0 Å². The van der Waals surface area contributed by atoms with Gasteiger partial charge in [0.2, 0.25) is 11.8 Å². The average molecular weight is 578 g/mol. The Hall–Kier alpha value is -5.62. The molecule has 0 bridgehead atoms. The lowest BCUT2D eigenvalue weighted by Crippen LogP contribution is -2.10. The molecule has 0 N–H and O–H groups in total. The third kappa shape index (κ3) is 5.96. The van der Waals surface area contributed by atoms with Crippen LogP contribution in [0.25, 0.3) is 34.0 Å². The van der Waals surface area contributed by atoms with Gasteiger partial charge < -0.3 is 9.32 Å². The van der Waals surface area contributed by atoms with Crippen LogP contribution in [0.2, 0.25) is 0 Å². The van der Waals surface area contributed by atoms with Crippen LogP contribution in [0.5, 0.6) is 0 Å². The predicted octanol–water partition coefficient (Wildman–Crippen LogP) is 9.46. The van der Waals surface area contributed by atoms with Crippen LogP contribution < -0.4 is 4.90 Å². The van der Waals surface area contributed by atoms with E-state index in [1.54, 1.807) is 24.3 Å². The molecule has 0 aliphatic rings. The molecular formula is C38H31N3O3. The van der Waals surface area contributed by atoms with Crippen LogP contribution >= 0.6 is 0 Å². The fourth-order valence-corrected chi connectivity index (χ4v) is 5.03. The van der Waals surface area contributed by atoms with Gasteiger partial charge in [-0.05, 0) is 107 Å². The Bertz CT molecular complexity index is 1830. The van der Waals surface area contributed by atoms with Crippen molar-refractivity contribution in [2.75, 3.05) is 4.90 Å². The second-order valence-electron chi connectivity index (χ2n) is 11.6. The van der Waals surface area contributed by atoms with Crippen LogP contribution in [0, 0.1) is 0 Å². The molecule has 0 saturated carbocycles. The van der Waals surface area contributed by atoms with E-state index in [2.05, 4.69) is 72.3 Å². The molecule has 5 aromatic carbocycles. The third-order valence-corrected chi connectivity index (χ3v) is 7.59. The van der Waals surface area contributed by atoms with Gasteiger partial charge >= 0.3 is 0 Å². The standard InChI is InChI=1S/C38H31N3O3/c1-38(2,3)32-16-12-31(13-17-32)37-40-39-36(44-37)30-10-8-28(9-11-30)29-14-22-35(23-15-29)41(33-18-4-26(24-42)5-19-33)34-20-6-27(25-43)7-21-34/h4-25H,1-3H3. The predicted molar refractivity (Wildman–Crippen MR) is 175 cm³/mol. The first-order valence-electron chi connectivity index (χ1n) is 14.4. The number of hydrogen-bond acceptors (Lipinski definition) is 6. The maximum absolute atomic E-state index is 11.2. The maximum Gasteiger partial charge on any atom is 0.248 e. The number of nitrogens with zero attached hydrogens (tertiary/aromatic N) is 3. The van der Waals surface area contributed by atoms with Gasteiger partial charge in [-0.2, -0.15) is 0 Å². The molecule has 0 aliphatic heterocycles. The van der Waals surface area contributed by atoms with E-state index in [-0.39, 0.29) is 5.41 Å². The summed E-state index contributed by atoms with van der Waals surface area (Å²) < 4.78 is 6.02. The molecule has 1 aromatic heterocycles. The molecule has 0 spiro atoms. The zero-order valence-corrected chi connectivity index (χ0v) is 24.8. The summed E-state index contributed by atoms with van der Waals surface area (Å²) >= 11 is 0. The molecule has 0 unspecified atom stereocenters. The van der Waals surface area contributed by atoms with Gasteiger partial charge in [-0.15, -0.1) is 10.2 Å². The molecule has 216 valence electrons. The van der Waals surface area contributed by atoms with E-state index in [0.29, 0.717) is 22.9 Å². The zero-order valence-electron chi connectivity index (χ0n) is 24.8. The second-order valence-corrected chi connectivity index (χ2v) is 11.6. The Morgan fingerprint density at radius 3 is 1.23 bits per heavy atom. The second kappa shape index (κ2) is 11.9. The van der Waals surface area contributed by atoms with E-state index in [0.717, 1.165) is 51.9 Å². The molecular weight excluding hydrogens is 546 g/mol. The highest BCUT2D eigenvalue weighted by molar-refractivity contribution is 5.83. The van der Waals surface area contributed by atoms with Crippen molar-refractivity contribution < 1.29 is 14.0 Å². The van der Waals surface area contributed by atoms with Crippen molar-refractivity contribution in [3.05, 3.63) is 138 Å². The van der Waals surface area contributed by atoms with E-state index in [1.165, 1.54) is 5.56 Å². The van der Waals surface area contributed by atoms with Crippen LogP contribution in [0.4, 0.5) is 17.1 Å². The van der Waals surface area contributed by atoms with Gasteiger partial charge in [0.25, 0.3) is 0 Å². The highest BCUT2D eigenvalue weighted by Crippen LogP contribution is 2.36. The van der Waals surface area contributed by atoms with Gasteiger partial charge in [0.15, 0.2) is 0 Å². The summed E-state index contributed by atoms with van der Waals surface area (Å²) in [5.74, 6) is 0.963. The van der Waals surface area contributed by atoms with E-state index >= 15 is 0 Å². The minimum atomic E-state index is 0.0776. The largest absolute Gasteiger partial charge is 0.416 e. The molecule has 44 heavy (non-hydrogen) atoms. The SMILES string of the molecule is CC(C)(C)c1ccc(-c2nnc(-c3ccc(-c4ccc(N(c5ccc(C=O)cc5)c5ccc(C=O)cc5)cc4)cc3)o2)cc1. The van der Waals surface area contributed by atoms with Gasteiger partial charge in [0.05, 0.1) is 0 Å². The molecule has 0 saturated heterocycles. The van der Waals surface area contributed by atoms with Crippen molar-refractivity contribution in [3.8, 4) is 34.0 Å². The molecule has 6 heteroatoms. The van der Waals surface area contributed by atoms with Crippen LogP contribution in [0.1, 0.15) is 47.1 Å². The van der Waals surface area contributed by atoms with Crippen molar-refractivity contribution in [2.45, 2.75) is 26.2 Å². The highest BCUT2D eigenvalue weighted by Gasteiger charge is 2.16. The number of carbonyl (C=O) groups excluding carboxylic acids is 2. The Labute approximate surface area is 256 Å². The summed E-state index contributed by atoms with van der Waals surface area (Å²) in [6, 6.07) is 39.4. The summed E-state index contributed by atoms with van der Waals surface area (Å²) in [5, 5.41) is 8.56. The zero-order chi connectivity index (χ0) is 30.7. The topological polar surface area (TPSA) is 76.3 Å². The first-order valence-corrected chi connectivity index (χ1v) is 14.4. The molecule has 0 radical (unpaired) electrons. The van der Waals surface area contributed by atoms with E-state index in [9.17, 15) is 9.59 Å². The number of aromatic nitrogens is 2. The van der Waals surface area contributed by atoms with E-state index in [4.69, 9.17) is 4.42 Å². The first-order chi connectivity index (χ1) is 21.3. The third-order valence-electron chi connectivity index (χ3n) is 7.59. The molecule has 0 atom stereocenters. The lowest BCUT2D eigenvalue weighted by atomic mass is 9.87. The maximum atomic E-state index is 11.2. The normalized spacial score (nSPS) is 11.2. The fraction of sp³-hybridized carbons (Fsp3) is 0.105. The minimum absolute atomic E-state index is 0.0776.